The number of benzene rings is 2. The summed E-state index contributed by atoms with van der Waals surface area (Å²) in [4.78, 5) is 28.2. The van der Waals surface area contributed by atoms with E-state index in [1.165, 1.54) is 0 Å². The highest BCUT2D eigenvalue weighted by Gasteiger charge is 2.06. The number of para-hydroxylation sites is 1. The first-order chi connectivity index (χ1) is 14.2. The first kappa shape index (κ1) is 19.9. The standard InChI is InChI=1S/C22H22N4O3/c27-21(25-18-8-2-1-3-9-18)16-29-20-11-6-10-19(15-20)26-22(28)24-14-12-17-7-4-5-13-23-17/h1-11,13,15H,12,14,16H2,(H,25,27)(H2,24,26,28). The van der Waals surface area contributed by atoms with Crippen molar-refractivity contribution in [2.24, 2.45) is 0 Å². The van der Waals surface area contributed by atoms with Gasteiger partial charge in [-0.15, -0.1) is 0 Å². The number of nitrogens with zero attached hydrogens (tertiary/aromatic N) is 1. The normalized spacial score (nSPS) is 10.1. The summed E-state index contributed by atoms with van der Waals surface area (Å²) in [5, 5.41) is 8.27. The molecule has 7 nitrogen and oxygen atoms in total. The highest BCUT2D eigenvalue weighted by molar-refractivity contribution is 5.92. The molecule has 0 atom stereocenters. The summed E-state index contributed by atoms with van der Waals surface area (Å²) < 4.78 is 5.51. The molecule has 2 aromatic carbocycles. The fourth-order valence-corrected chi connectivity index (χ4v) is 2.56. The van der Waals surface area contributed by atoms with Crippen LogP contribution in [-0.2, 0) is 11.2 Å². The molecule has 0 saturated carbocycles. The number of carbonyl (C=O) groups is 2. The van der Waals surface area contributed by atoms with Gasteiger partial charge in [0, 0.05) is 42.3 Å². The van der Waals surface area contributed by atoms with Gasteiger partial charge in [0.1, 0.15) is 5.75 Å². The summed E-state index contributed by atoms with van der Waals surface area (Å²) in [6, 6.07) is 21.4. The van der Waals surface area contributed by atoms with Crippen molar-refractivity contribution in [2.75, 3.05) is 23.8 Å². The van der Waals surface area contributed by atoms with Crippen LogP contribution < -0.4 is 20.7 Å². The van der Waals surface area contributed by atoms with E-state index in [1.807, 2.05) is 36.4 Å². The molecule has 0 radical (unpaired) electrons. The molecule has 148 valence electrons. The van der Waals surface area contributed by atoms with Crippen molar-refractivity contribution in [1.82, 2.24) is 10.3 Å². The van der Waals surface area contributed by atoms with Gasteiger partial charge in [-0.3, -0.25) is 9.78 Å². The monoisotopic (exact) mass is 390 g/mol. The summed E-state index contributed by atoms with van der Waals surface area (Å²) >= 11 is 0. The predicted molar refractivity (Wildman–Crippen MR) is 112 cm³/mol. The second kappa shape index (κ2) is 10.5. The van der Waals surface area contributed by atoms with Gasteiger partial charge in [-0.1, -0.05) is 30.3 Å². The second-order valence-electron chi connectivity index (χ2n) is 6.18. The van der Waals surface area contributed by atoms with Gasteiger partial charge in [0.15, 0.2) is 6.61 Å². The smallest absolute Gasteiger partial charge is 0.319 e. The van der Waals surface area contributed by atoms with Crippen LogP contribution in [0.2, 0.25) is 0 Å². The number of hydrogen-bond acceptors (Lipinski definition) is 4. The van der Waals surface area contributed by atoms with Gasteiger partial charge in [-0.2, -0.15) is 0 Å². The average molecular weight is 390 g/mol. The third kappa shape index (κ3) is 6.99. The Bertz CT molecular complexity index is 933. The zero-order valence-corrected chi connectivity index (χ0v) is 15.8. The molecular formula is C22H22N4O3. The Hall–Kier alpha value is -3.87. The Morgan fingerprint density at radius 1 is 0.862 bits per heavy atom. The number of amides is 3. The molecule has 0 spiro atoms. The molecule has 0 aliphatic rings. The summed E-state index contributed by atoms with van der Waals surface area (Å²) in [7, 11) is 0. The zero-order valence-electron chi connectivity index (χ0n) is 15.8. The molecule has 7 heteroatoms. The zero-order chi connectivity index (χ0) is 20.3. The largest absolute Gasteiger partial charge is 0.484 e. The molecule has 3 aromatic rings. The molecule has 0 saturated heterocycles. The molecule has 1 heterocycles. The first-order valence-electron chi connectivity index (χ1n) is 9.21. The van der Waals surface area contributed by atoms with E-state index < -0.39 is 0 Å². The molecule has 0 unspecified atom stereocenters. The minimum atomic E-state index is -0.320. The number of nitrogens with one attached hydrogen (secondary N) is 3. The second-order valence-corrected chi connectivity index (χ2v) is 6.18. The van der Waals surface area contributed by atoms with E-state index in [0.717, 1.165) is 5.69 Å². The van der Waals surface area contributed by atoms with Crippen molar-refractivity contribution in [1.29, 1.82) is 0 Å². The van der Waals surface area contributed by atoms with Gasteiger partial charge in [0.05, 0.1) is 0 Å². The lowest BCUT2D eigenvalue weighted by Crippen LogP contribution is -2.30. The lowest BCUT2D eigenvalue weighted by atomic mass is 10.3. The topological polar surface area (TPSA) is 92.3 Å². The minimum absolute atomic E-state index is 0.130. The number of hydrogen-bond donors (Lipinski definition) is 3. The summed E-state index contributed by atoms with van der Waals surface area (Å²) in [6.07, 6.45) is 2.37. The van der Waals surface area contributed by atoms with Gasteiger partial charge < -0.3 is 20.7 Å². The Morgan fingerprint density at radius 3 is 2.45 bits per heavy atom. The lowest BCUT2D eigenvalue weighted by Gasteiger charge is -2.10. The van der Waals surface area contributed by atoms with Gasteiger partial charge in [0.2, 0.25) is 0 Å². The number of ether oxygens (including phenoxy) is 1. The van der Waals surface area contributed by atoms with Crippen molar-refractivity contribution >= 4 is 23.3 Å². The first-order valence-corrected chi connectivity index (χ1v) is 9.21. The highest BCUT2D eigenvalue weighted by Crippen LogP contribution is 2.17. The van der Waals surface area contributed by atoms with E-state index in [0.29, 0.717) is 30.1 Å². The summed E-state index contributed by atoms with van der Waals surface area (Å²) in [5.41, 5.74) is 2.19. The molecule has 1 aromatic heterocycles. The van der Waals surface area contributed by atoms with Crippen LogP contribution in [-0.4, -0.2) is 30.1 Å². The molecular weight excluding hydrogens is 368 g/mol. The van der Waals surface area contributed by atoms with Crippen LogP contribution in [0.25, 0.3) is 0 Å². The Morgan fingerprint density at radius 2 is 1.66 bits per heavy atom. The Balaban J connectivity index is 1.42. The SMILES string of the molecule is O=C(COc1cccc(NC(=O)NCCc2ccccn2)c1)Nc1ccccc1. The van der Waals surface area contributed by atoms with E-state index >= 15 is 0 Å². The van der Waals surface area contributed by atoms with Crippen LogP contribution in [0, 0.1) is 0 Å². The van der Waals surface area contributed by atoms with Crippen LogP contribution in [0.3, 0.4) is 0 Å². The van der Waals surface area contributed by atoms with Gasteiger partial charge in [0.25, 0.3) is 5.91 Å². The molecule has 0 aliphatic heterocycles. The van der Waals surface area contributed by atoms with Crippen molar-refractivity contribution in [3.8, 4) is 5.75 Å². The van der Waals surface area contributed by atoms with Crippen LogP contribution in [0.4, 0.5) is 16.2 Å². The van der Waals surface area contributed by atoms with Gasteiger partial charge >= 0.3 is 6.03 Å². The Kier molecular flexibility index (Phi) is 7.17. The van der Waals surface area contributed by atoms with Crippen LogP contribution >= 0.6 is 0 Å². The summed E-state index contributed by atoms with van der Waals surface area (Å²) in [5.74, 6) is 0.223. The minimum Gasteiger partial charge on any atom is -0.484 e. The number of aromatic nitrogens is 1. The van der Waals surface area contributed by atoms with E-state index in [-0.39, 0.29) is 18.5 Å². The maximum absolute atomic E-state index is 12.0. The van der Waals surface area contributed by atoms with E-state index in [1.54, 1.807) is 42.6 Å². The van der Waals surface area contributed by atoms with Crippen LogP contribution in [0.15, 0.2) is 79.0 Å². The van der Waals surface area contributed by atoms with Gasteiger partial charge in [-0.25, -0.2) is 4.79 Å². The third-order valence-corrected chi connectivity index (χ3v) is 3.91. The Labute approximate surface area is 169 Å². The third-order valence-electron chi connectivity index (χ3n) is 3.91. The molecule has 3 amide bonds. The fraction of sp³-hybridized carbons (Fsp3) is 0.136. The molecule has 3 rings (SSSR count). The number of anilines is 2. The van der Waals surface area contributed by atoms with Crippen LogP contribution in [0.5, 0.6) is 5.75 Å². The van der Waals surface area contributed by atoms with Crippen LogP contribution in [0.1, 0.15) is 5.69 Å². The maximum Gasteiger partial charge on any atom is 0.319 e. The molecule has 0 aliphatic carbocycles. The van der Waals surface area contributed by atoms with E-state index in [4.69, 9.17) is 4.74 Å². The number of pyridine rings is 1. The quantitative estimate of drug-likeness (QED) is 0.549. The van der Waals surface area contributed by atoms with Crippen molar-refractivity contribution in [3.05, 3.63) is 84.7 Å². The maximum atomic E-state index is 12.0. The summed E-state index contributed by atoms with van der Waals surface area (Å²) in [6.45, 7) is 0.341. The van der Waals surface area contributed by atoms with Gasteiger partial charge in [-0.05, 0) is 36.4 Å². The van der Waals surface area contributed by atoms with Crippen molar-refractivity contribution in [2.45, 2.75) is 6.42 Å². The molecule has 0 bridgehead atoms. The van der Waals surface area contributed by atoms with E-state index in [9.17, 15) is 9.59 Å². The highest BCUT2D eigenvalue weighted by atomic mass is 16.5. The number of rotatable bonds is 8. The lowest BCUT2D eigenvalue weighted by molar-refractivity contribution is -0.118. The van der Waals surface area contributed by atoms with Crippen molar-refractivity contribution < 1.29 is 14.3 Å². The molecule has 0 fully saturated rings. The van der Waals surface area contributed by atoms with E-state index in [2.05, 4.69) is 20.9 Å². The predicted octanol–water partition coefficient (Wildman–Crippen LogP) is 3.46. The number of urea groups is 1. The molecule has 29 heavy (non-hydrogen) atoms. The average Bonchev–Trinajstić information content (AvgIpc) is 2.74. The van der Waals surface area contributed by atoms with Crippen molar-refractivity contribution in [3.63, 3.8) is 0 Å². The molecule has 3 N–H and O–H groups in total. The number of carbonyl (C=O) groups excluding carboxylic acids is 2. The fourth-order valence-electron chi connectivity index (χ4n) is 2.56.